The normalized spacial score (nSPS) is 47.6. The SMILES string of the molecule is CC1CC[C@H](O)[C@@H]1O. The predicted molar refractivity (Wildman–Crippen MR) is 30.4 cm³/mol. The first-order chi connectivity index (χ1) is 3.72. The van der Waals surface area contributed by atoms with E-state index in [0.29, 0.717) is 5.92 Å². The minimum absolute atomic E-state index is 0.296. The molecule has 0 aliphatic heterocycles. The van der Waals surface area contributed by atoms with Crippen molar-refractivity contribution in [3.63, 3.8) is 0 Å². The summed E-state index contributed by atoms with van der Waals surface area (Å²) in [6.07, 6.45) is 0.810. The second kappa shape index (κ2) is 2.03. The van der Waals surface area contributed by atoms with Gasteiger partial charge in [-0.2, -0.15) is 0 Å². The third kappa shape index (κ3) is 0.858. The molecule has 0 radical (unpaired) electrons. The molecular formula is C6H12O2. The lowest BCUT2D eigenvalue weighted by molar-refractivity contribution is 0.0245. The van der Waals surface area contributed by atoms with Gasteiger partial charge in [0, 0.05) is 0 Å². The minimum Gasteiger partial charge on any atom is -0.390 e. The van der Waals surface area contributed by atoms with Gasteiger partial charge in [-0.25, -0.2) is 0 Å². The molecule has 48 valence electrons. The highest BCUT2D eigenvalue weighted by molar-refractivity contribution is 4.80. The van der Waals surface area contributed by atoms with Crippen molar-refractivity contribution in [2.24, 2.45) is 5.92 Å². The van der Waals surface area contributed by atoms with Crippen LogP contribution in [0.2, 0.25) is 0 Å². The Labute approximate surface area is 49.1 Å². The average Bonchev–Trinajstić information content (AvgIpc) is 1.98. The standard InChI is InChI=1S/C6H12O2/c1-4-2-3-5(7)6(4)8/h4-8H,2-3H2,1H3/t4?,5-,6+/m0/s1. The quantitative estimate of drug-likeness (QED) is 0.472. The summed E-state index contributed by atoms with van der Waals surface area (Å²) in [5.74, 6) is 0.296. The second-order valence-electron chi connectivity index (χ2n) is 2.61. The highest BCUT2D eigenvalue weighted by Gasteiger charge is 2.29. The van der Waals surface area contributed by atoms with E-state index in [0.717, 1.165) is 12.8 Å². The molecule has 0 spiro atoms. The van der Waals surface area contributed by atoms with Crippen molar-refractivity contribution in [3.05, 3.63) is 0 Å². The fraction of sp³-hybridized carbons (Fsp3) is 1.00. The van der Waals surface area contributed by atoms with E-state index in [1.165, 1.54) is 0 Å². The molecule has 2 heteroatoms. The summed E-state index contributed by atoms with van der Waals surface area (Å²) in [5.41, 5.74) is 0. The molecule has 1 aliphatic carbocycles. The van der Waals surface area contributed by atoms with Crippen LogP contribution in [0.25, 0.3) is 0 Å². The van der Waals surface area contributed by atoms with Crippen molar-refractivity contribution >= 4 is 0 Å². The summed E-state index contributed by atoms with van der Waals surface area (Å²) in [4.78, 5) is 0. The molecule has 0 saturated heterocycles. The van der Waals surface area contributed by atoms with Crippen molar-refractivity contribution in [2.75, 3.05) is 0 Å². The molecule has 1 aliphatic rings. The van der Waals surface area contributed by atoms with Gasteiger partial charge in [0.2, 0.25) is 0 Å². The molecule has 1 rings (SSSR count). The van der Waals surface area contributed by atoms with Crippen LogP contribution in [0.1, 0.15) is 19.8 Å². The first-order valence-corrected chi connectivity index (χ1v) is 3.08. The number of aliphatic hydroxyl groups excluding tert-OH is 2. The highest BCUT2D eigenvalue weighted by Crippen LogP contribution is 2.24. The van der Waals surface area contributed by atoms with Crippen LogP contribution in [0.4, 0.5) is 0 Å². The lowest BCUT2D eigenvalue weighted by Crippen LogP contribution is -2.22. The maximum absolute atomic E-state index is 9.02. The largest absolute Gasteiger partial charge is 0.390 e. The number of hydrogen-bond donors (Lipinski definition) is 2. The van der Waals surface area contributed by atoms with Gasteiger partial charge < -0.3 is 10.2 Å². The van der Waals surface area contributed by atoms with Gasteiger partial charge in [0.1, 0.15) is 0 Å². The van der Waals surface area contributed by atoms with Crippen LogP contribution in [0.15, 0.2) is 0 Å². The molecule has 3 atom stereocenters. The lowest BCUT2D eigenvalue weighted by Gasteiger charge is -2.09. The maximum Gasteiger partial charge on any atom is 0.0824 e. The summed E-state index contributed by atoms with van der Waals surface area (Å²) in [5, 5.41) is 17.9. The fourth-order valence-corrected chi connectivity index (χ4v) is 1.15. The van der Waals surface area contributed by atoms with Gasteiger partial charge in [0.15, 0.2) is 0 Å². The minimum atomic E-state index is -0.463. The average molecular weight is 116 g/mol. The summed E-state index contributed by atoms with van der Waals surface area (Å²) < 4.78 is 0. The van der Waals surface area contributed by atoms with Crippen LogP contribution in [0.5, 0.6) is 0 Å². The van der Waals surface area contributed by atoms with Gasteiger partial charge in [-0.05, 0) is 18.8 Å². The molecule has 0 bridgehead atoms. The zero-order valence-electron chi connectivity index (χ0n) is 5.04. The predicted octanol–water partition coefficient (Wildman–Crippen LogP) is 0.138. The molecule has 2 N–H and O–H groups in total. The monoisotopic (exact) mass is 116 g/mol. The van der Waals surface area contributed by atoms with Crippen LogP contribution in [-0.4, -0.2) is 22.4 Å². The van der Waals surface area contributed by atoms with E-state index >= 15 is 0 Å². The Bertz CT molecular complexity index is 72.6. The molecule has 0 aromatic heterocycles. The van der Waals surface area contributed by atoms with Crippen molar-refractivity contribution in [3.8, 4) is 0 Å². The van der Waals surface area contributed by atoms with E-state index in [1.807, 2.05) is 6.92 Å². The maximum atomic E-state index is 9.02. The molecule has 0 amide bonds. The van der Waals surface area contributed by atoms with Crippen molar-refractivity contribution in [1.29, 1.82) is 0 Å². The summed E-state index contributed by atoms with van der Waals surface area (Å²) in [7, 11) is 0. The van der Waals surface area contributed by atoms with Crippen molar-refractivity contribution in [1.82, 2.24) is 0 Å². The van der Waals surface area contributed by atoms with Crippen LogP contribution in [-0.2, 0) is 0 Å². The summed E-state index contributed by atoms with van der Waals surface area (Å²) in [6.45, 7) is 1.96. The Kier molecular flexibility index (Phi) is 1.54. The highest BCUT2D eigenvalue weighted by atomic mass is 16.3. The Morgan fingerprint density at radius 3 is 2.00 bits per heavy atom. The van der Waals surface area contributed by atoms with Gasteiger partial charge in [-0.3, -0.25) is 0 Å². The molecule has 1 fully saturated rings. The fourth-order valence-electron chi connectivity index (χ4n) is 1.15. The third-order valence-corrected chi connectivity index (χ3v) is 1.90. The van der Waals surface area contributed by atoms with E-state index in [1.54, 1.807) is 0 Å². The molecule has 0 aromatic carbocycles. The summed E-state index contributed by atoms with van der Waals surface area (Å²) >= 11 is 0. The van der Waals surface area contributed by atoms with Crippen LogP contribution < -0.4 is 0 Å². The van der Waals surface area contributed by atoms with Crippen LogP contribution >= 0.6 is 0 Å². The van der Waals surface area contributed by atoms with Crippen LogP contribution in [0.3, 0.4) is 0 Å². The Hall–Kier alpha value is -0.0800. The zero-order chi connectivity index (χ0) is 6.15. The van der Waals surface area contributed by atoms with Gasteiger partial charge in [0.05, 0.1) is 12.2 Å². The van der Waals surface area contributed by atoms with Crippen molar-refractivity contribution < 1.29 is 10.2 Å². The van der Waals surface area contributed by atoms with E-state index in [2.05, 4.69) is 0 Å². The topological polar surface area (TPSA) is 40.5 Å². The van der Waals surface area contributed by atoms with E-state index in [4.69, 9.17) is 10.2 Å². The Morgan fingerprint density at radius 2 is 1.88 bits per heavy atom. The molecule has 0 heterocycles. The van der Waals surface area contributed by atoms with Gasteiger partial charge in [-0.1, -0.05) is 6.92 Å². The molecular weight excluding hydrogens is 104 g/mol. The first kappa shape index (κ1) is 6.05. The molecule has 0 aromatic rings. The Morgan fingerprint density at radius 1 is 1.25 bits per heavy atom. The molecule has 1 saturated carbocycles. The number of aliphatic hydroxyl groups is 2. The lowest BCUT2D eigenvalue weighted by atomic mass is 10.1. The third-order valence-electron chi connectivity index (χ3n) is 1.90. The molecule has 1 unspecified atom stereocenters. The first-order valence-electron chi connectivity index (χ1n) is 3.08. The molecule has 2 nitrogen and oxygen atoms in total. The van der Waals surface area contributed by atoms with Crippen LogP contribution in [0, 0.1) is 5.92 Å². The zero-order valence-corrected chi connectivity index (χ0v) is 5.04. The molecule has 8 heavy (non-hydrogen) atoms. The smallest absolute Gasteiger partial charge is 0.0824 e. The van der Waals surface area contributed by atoms with E-state index < -0.39 is 12.2 Å². The summed E-state index contributed by atoms with van der Waals surface area (Å²) in [6, 6.07) is 0. The number of hydrogen-bond acceptors (Lipinski definition) is 2. The number of rotatable bonds is 0. The van der Waals surface area contributed by atoms with E-state index in [-0.39, 0.29) is 0 Å². The van der Waals surface area contributed by atoms with Gasteiger partial charge >= 0.3 is 0 Å². The van der Waals surface area contributed by atoms with Gasteiger partial charge in [0.25, 0.3) is 0 Å². The van der Waals surface area contributed by atoms with Gasteiger partial charge in [-0.15, -0.1) is 0 Å². The second-order valence-corrected chi connectivity index (χ2v) is 2.61. The van der Waals surface area contributed by atoms with Crippen molar-refractivity contribution in [2.45, 2.75) is 32.0 Å². The van der Waals surface area contributed by atoms with E-state index in [9.17, 15) is 0 Å². The Balaban J connectivity index is 2.44.